The number of rotatable bonds is 1. The van der Waals surface area contributed by atoms with Gasteiger partial charge in [0, 0.05) is 5.92 Å². The molecule has 0 radical (unpaired) electrons. The van der Waals surface area contributed by atoms with Crippen LogP contribution in [0.1, 0.15) is 19.3 Å². The van der Waals surface area contributed by atoms with Gasteiger partial charge >= 0.3 is 0 Å². The van der Waals surface area contributed by atoms with Crippen LogP contribution in [-0.2, 0) is 4.79 Å². The second kappa shape index (κ2) is 1.22. The molecule has 1 nitrogen and oxygen atoms in total. The highest BCUT2D eigenvalue weighted by molar-refractivity contribution is 5.68. The van der Waals surface area contributed by atoms with Gasteiger partial charge in [0.15, 0.2) is 0 Å². The molecule has 0 spiro atoms. The minimum atomic E-state index is 0.354. The first-order valence-electron chi connectivity index (χ1n) is 3.08. The Morgan fingerprint density at radius 1 is 1.50 bits per heavy atom. The zero-order valence-electron chi connectivity index (χ0n) is 4.68. The molecule has 1 heteroatoms. The van der Waals surface area contributed by atoms with Gasteiger partial charge in [-0.1, -0.05) is 11.1 Å². The van der Waals surface area contributed by atoms with Crippen LogP contribution in [0.15, 0.2) is 11.1 Å². The van der Waals surface area contributed by atoms with E-state index in [4.69, 9.17) is 0 Å². The van der Waals surface area contributed by atoms with E-state index in [1.165, 1.54) is 18.4 Å². The van der Waals surface area contributed by atoms with Gasteiger partial charge in [-0.3, -0.25) is 0 Å². The molecule has 0 amide bonds. The van der Waals surface area contributed by atoms with Gasteiger partial charge in [0.25, 0.3) is 0 Å². The molecule has 1 unspecified atom stereocenters. The van der Waals surface area contributed by atoms with Gasteiger partial charge in [0.05, 0.1) is 0 Å². The zero-order valence-corrected chi connectivity index (χ0v) is 4.68. The maximum atomic E-state index is 10.1. The van der Waals surface area contributed by atoms with Crippen LogP contribution in [0.2, 0.25) is 0 Å². The van der Waals surface area contributed by atoms with Crippen molar-refractivity contribution in [3.05, 3.63) is 11.1 Å². The highest BCUT2D eigenvalue weighted by atomic mass is 16.1. The Hall–Kier alpha value is -0.590. The largest absolute Gasteiger partial charge is 0.303 e. The lowest BCUT2D eigenvalue weighted by Crippen LogP contribution is -1.70. The van der Waals surface area contributed by atoms with Gasteiger partial charge < -0.3 is 4.79 Å². The minimum Gasteiger partial charge on any atom is -0.303 e. The van der Waals surface area contributed by atoms with Gasteiger partial charge in [-0.25, -0.2) is 0 Å². The zero-order chi connectivity index (χ0) is 5.56. The summed E-state index contributed by atoms with van der Waals surface area (Å²) in [6.07, 6.45) is 4.71. The third kappa shape index (κ3) is 0.507. The average molecular weight is 108 g/mol. The predicted octanol–water partition coefficient (Wildman–Crippen LogP) is 1.30. The van der Waals surface area contributed by atoms with E-state index in [2.05, 4.69) is 0 Å². The highest BCUT2D eigenvalue weighted by Crippen LogP contribution is 2.47. The molecule has 0 N–H and O–H groups in total. The fourth-order valence-electron chi connectivity index (χ4n) is 1.10. The first kappa shape index (κ1) is 4.30. The summed E-state index contributed by atoms with van der Waals surface area (Å²) in [5.74, 6) is 0.354. The Bertz CT molecular complexity index is 161. The van der Waals surface area contributed by atoms with E-state index >= 15 is 0 Å². The number of carbonyl (C=O) groups is 1. The summed E-state index contributed by atoms with van der Waals surface area (Å²) in [5, 5.41) is 0. The summed E-state index contributed by atoms with van der Waals surface area (Å²) < 4.78 is 0. The van der Waals surface area contributed by atoms with Crippen LogP contribution >= 0.6 is 0 Å². The van der Waals surface area contributed by atoms with Crippen LogP contribution in [0.25, 0.3) is 0 Å². The smallest absolute Gasteiger partial charge is 0.127 e. The highest BCUT2D eigenvalue weighted by Gasteiger charge is 2.35. The molecule has 0 heterocycles. The minimum absolute atomic E-state index is 0.354. The van der Waals surface area contributed by atoms with Crippen LogP contribution in [-0.4, -0.2) is 6.29 Å². The topological polar surface area (TPSA) is 17.1 Å². The summed E-state index contributed by atoms with van der Waals surface area (Å²) in [5.41, 5.74) is 3.03. The van der Waals surface area contributed by atoms with Gasteiger partial charge in [-0.2, -0.15) is 0 Å². The quantitative estimate of drug-likeness (QED) is 0.365. The van der Waals surface area contributed by atoms with Crippen molar-refractivity contribution in [3.63, 3.8) is 0 Å². The molecule has 2 aliphatic carbocycles. The molecule has 1 atom stereocenters. The Morgan fingerprint density at radius 3 is 2.62 bits per heavy atom. The standard InChI is InChI=1S/C7H8O/c8-4-6-3-7(6)5-1-2-5/h4,6H,1-3H2. The first-order valence-corrected chi connectivity index (χ1v) is 3.08. The van der Waals surface area contributed by atoms with Crippen molar-refractivity contribution in [2.24, 2.45) is 5.92 Å². The number of aldehydes is 1. The van der Waals surface area contributed by atoms with Gasteiger partial charge in [0.2, 0.25) is 0 Å². The molecule has 0 aromatic carbocycles. The molecule has 42 valence electrons. The predicted molar refractivity (Wildman–Crippen MR) is 30.4 cm³/mol. The van der Waals surface area contributed by atoms with Crippen LogP contribution in [0.4, 0.5) is 0 Å². The second-order valence-corrected chi connectivity index (χ2v) is 2.58. The third-order valence-electron chi connectivity index (χ3n) is 1.85. The maximum absolute atomic E-state index is 10.1. The van der Waals surface area contributed by atoms with Crippen molar-refractivity contribution < 1.29 is 4.79 Å². The molecule has 2 fully saturated rings. The molecule has 0 bridgehead atoms. The third-order valence-corrected chi connectivity index (χ3v) is 1.85. The van der Waals surface area contributed by atoms with Crippen molar-refractivity contribution in [1.29, 1.82) is 0 Å². The van der Waals surface area contributed by atoms with Gasteiger partial charge in [0.1, 0.15) is 6.29 Å². The van der Waals surface area contributed by atoms with E-state index in [0.717, 1.165) is 12.7 Å². The Labute approximate surface area is 48.4 Å². The summed E-state index contributed by atoms with van der Waals surface area (Å²) in [4.78, 5) is 10.1. The monoisotopic (exact) mass is 108 g/mol. The second-order valence-electron chi connectivity index (χ2n) is 2.58. The summed E-state index contributed by atoms with van der Waals surface area (Å²) >= 11 is 0. The van der Waals surface area contributed by atoms with Crippen LogP contribution in [0.3, 0.4) is 0 Å². The number of allylic oxidation sites excluding steroid dienone is 2. The van der Waals surface area contributed by atoms with Crippen LogP contribution < -0.4 is 0 Å². The van der Waals surface area contributed by atoms with E-state index in [1.807, 2.05) is 0 Å². The molecular weight excluding hydrogens is 100 g/mol. The summed E-state index contributed by atoms with van der Waals surface area (Å²) in [7, 11) is 0. The van der Waals surface area contributed by atoms with Crippen molar-refractivity contribution >= 4 is 6.29 Å². The number of hydrogen-bond acceptors (Lipinski definition) is 1. The van der Waals surface area contributed by atoms with Crippen molar-refractivity contribution in [1.82, 2.24) is 0 Å². The first-order chi connectivity index (χ1) is 3.92. The number of carbonyl (C=O) groups excluding carboxylic acids is 1. The Balaban J connectivity index is 2.14. The molecule has 0 aromatic rings. The van der Waals surface area contributed by atoms with E-state index in [0.29, 0.717) is 5.92 Å². The van der Waals surface area contributed by atoms with Crippen molar-refractivity contribution in [2.45, 2.75) is 19.3 Å². The fraction of sp³-hybridized carbons (Fsp3) is 0.571. The van der Waals surface area contributed by atoms with Crippen LogP contribution in [0, 0.1) is 5.92 Å². The van der Waals surface area contributed by atoms with Crippen molar-refractivity contribution in [2.75, 3.05) is 0 Å². The normalized spacial score (nSPS) is 32.8. The lowest BCUT2D eigenvalue weighted by molar-refractivity contribution is -0.108. The maximum Gasteiger partial charge on any atom is 0.127 e. The van der Waals surface area contributed by atoms with E-state index in [-0.39, 0.29) is 0 Å². The van der Waals surface area contributed by atoms with E-state index in [1.54, 1.807) is 5.57 Å². The fourth-order valence-corrected chi connectivity index (χ4v) is 1.10. The molecule has 2 aliphatic rings. The van der Waals surface area contributed by atoms with Crippen LogP contribution in [0.5, 0.6) is 0 Å². The van der Waals surface area contributed by atoms with Crippen molar-refractivity contribution in [3.8, 4) is 0 Å². The Morgan fingerprint density at radius 2 is 2.25 bits per heavy atom. The molecule has 2 saturated carbocycles. The average Bonchev–Trinajstić information content (AvgIpc) is 2.62. The Kier molecular flexibility index (Phi) is 0.655. The van der Waals surface area contributed by atoms with E-state index in [9.17, 15) is 4.79 Å². The molecular formula is C7H8O. The van der Waals surface area contributed by atoms with Gasteiger partial charge in [-0.15, -0.1) is 0 Å². The van der Waals surface area contributed by atoms with Gasteiger partial charge in [-0.05, 0) is 19.3 Å². The molecule has 0 aromatic heterocycles. The molecule has 8 heavy (non-hydrogen) atoms. The SMILES string of the molecule is O=CC1CC1=C1CC1. The number of hydrogen-bond donors (Lipinski definition) is 0. The molecule has 2 rings (SSSR count). The molecule has 0 aliphatic heterocycles. The molecule has 0 saturated heterocycles. The van der Waals surface area contributed by atoms with E-state index < -0.39 is 0 Å². The summed E-state index contributed by atoms with van der Waals surface area (Å²) in [6, 6.07) is 0. The lowest BCUT2D eigenvalue weighted by atomic mass is 10.4. The summed E-state index contributed by atoms with van der Waals surface area (Å²) in [6.45, 7) is 0. The lowest BCUT2D eigenvalue weighted by Gasteiger charge is -1.66.